The van der Waals surface area contributed by atoms with Crippen LogP contribution in [0, 0.1) is 0 Å². The SMILES string of the molecule is C=Cc1ccc(-c2ccc(-c3nc(-c4ccc(-c5ccc(OC)cc5)cc4)nc(-c4ccc(-c5ccc(OC)cc5)cc4)n3)cc2)cc1. The Balaban J connectivity index is 1.25. The maximum absolute atomic E-state index is 5.32. The molecular weight excluding hydrogens is 590 g/mol. The van der Waals surface area contributed by atoms with E-state index in [0.717, 1.165) is 67.1 Å². The van der Waals surface area contributed by atoms with E-state index in [2.05, 4.69) is 128 Å². The predicted octanol–water partition coefficient (Wildman–Crippen LogP) is 10.5. The minimum absolute atomic E-state index is 0.611. The van der Waals surface area contributed by atoms with E-state index in [1.54, 1.807) is 14.2 Å². The lowest BCUT2D eigenvalue weighted by Gasteiger charge is -2.11. The first kappa shape index (κ1) is 30.3. The van der Waals surface area contributed by atoms with Gasteiger partial charge in [-0.3, -0.25) is 0 Å². The molecule has 0 fully saturated rings. The van der Waals surface area contributed by atoms with Crippen LogP contribution >= 0.6 is 0 Å². The molecule has 0 aliphatic heterocycles. The highest BCUT2D eigenvalue weighted by Crippen LogP contribution is 2.31. The number of aromatic nitrogens is 3. The van der Waals surface area contributed by atoms with Gasteiger partial charge < -0.3 is 9.47 Å². The van der Waals surface area contributed by atoms with Gasteiger partial charge in [0, 0.05) is 16.7 Å². The van der Waals surface area contributed by atoms with E-state index >= 15 is 0 Å². The molecule has 0 bridgehead atoms. The second-order valence-corrected chi connectivity index (χ2v) is 11.3. The van der Waals surface area contributed by atoms with E-state index in [1.165, 1.54) is 0 Å². The fourth-order valence-corrected chi connectivity index (χ4v) is 5.58. The molecule has 0 spiro atoms. The molecule has 0 N–H and O–H groups in total. The summed E-state index contributed by atoms with van der Waals surface area (Å²) in [5.41, 5.74) is 10.5. The lowest BCUT2D eigenvalue weighted by molar-refractivity contribution is 0.415. The molecule has 7 rings (SSSR count). The zero-order valence-corrected chi connectivity index (χ0v) is 26.8. The highest BCUT2D eigenvalue weighted by molar-refractivity contribution is 5.74. The third-order valence-electron chi connectivity index (χ3n) is 8.39. The Morgan fingerprint density at radius 1 is 0.354 bits per heavy atom. The zero-order valence-electron chi connectivity index (χ0n) is 26.8. The van der Waals surface area contributed by atoms with Crippen LogP contribution in [-0.4, -0.2) is 29.2 Å². The third kappa shape index (κ3) is 6.48. The number of methoxy groups -OCH3 is 2. The highest BCUT2D eigenvalue weighted by Gasteiger charge is 2.14. The minimum atomic E-state index is 0.611. The van der Waals surface area contributed by atoms with Crippen molar-refractivity contribution in [1.29, 1.82) is 0 Å². The first-order valence-corrected chi connectivity index (χ1v) is 15.7. The predicted molar refractivity (Wildman–Crippen MR) is 196 cm³/mol. The standard InChI is InChI=1S/C43H33N3O2/c1-4-29-5-7-30(8-6-29)31-9-15-36(16-10-31)41-44-42(37-17-11-32(12-18-37)34-21-25-39(47-2)26-22-34)46-43(45-41)38-19-13-33(14-20-38)35-23-27-40(48-3)28-24-35/h4-28H,1H2,2-3H3. The van der Waals surface area contributed by atoms with Gasteiger partial charge in [0.25, 0.3) is 0 Å². The van der Waals surface area contributed by atoms with Crippen LogP contribution in [0.5, 0.6) is 11.5 Å². The molecule has 0 saturated carbocycles. The monoisotopic (exact) mass is 623 g/mol. The highest BCUT2D eigenvalue weighted by atomic mass is 16.5. The lowest BCUT2D eigenvalue weighted by Crippen LogP contribution is -2.00. The largest absolute Gasteiger partial charge is 0.497 e. The summed E-state index contributed by atoms with van der Waals surface area (Å²) in [6, 6.07) is 49.4. The van der Waals surface area contributed by atoms with Crippen LogP contribution in [0.3, 0.4) is 0 Å². The summed E-state index contributed by atoms with van der Waals surface area (Å²) in [4.78, 5) is 14.9. The van der Waals surface area contributed by atoms with Crippen LogP contribution in [0.25, 0.3) is 73.6 Å². The van der Waals surface area contributed by atoms with E-state index in [9.17, 15) is 0 Å². The van der Waals surface area contributed by atoms with Crippen molar-refractivity contribution in [3.05, 3.63) is 158 Å². The van der Waals surface area contributed by atoms with Gasteiger partial charge in [-0.25, -0.2) is 15.0 Å². The van der Waals surface area contributed by atoms with Crippen LogP contribution in [0.4, 0.5) is 0 Å². The summed E-state index contributed by atoms with van der Waals surface area (Å²) in [5, 5.41) is 0. The van der Waals surface area contributed by atoms with Gasteiger partial charge in [0.15, 0.2) is 17.5 Å². The second-order valence-electron chi connectivity index (χ2n) is 11.3. The molecule has 232 valence electrons. The van der Waals surface area contributed by atoms with Gasteiger partial charge in [-0.1, -0.05) is 134 Å². The molecule has 5 nitrogen and oxygen atoms in total. The Labute approximate surface area is 280 Å². The molecule has 0 atom stereocenters. The van der Waals surface area contributed by atoms with E-state index < -0.39 is 0 Å². The van der Waals surface area contributed by atoms with Crippen molar-refractivity contribution >= 4 is 6.08 Å². The Morgan fingerprint density at radius 2 is 0.583 bits per heavy atom. The van der Waals surface area contributed by atoms with Crippen LogP contribution in [0.1, 0.15) is 5.56 Å². The number of nitrogens with zero attached hydrogens (tertiary/aromatic N) is 3. The van der Waals surface area contributed by atoms with Crippen molar-refractivity contribution in [1.82, 2.24) is 15.0 Å². The summed E-state index contributed by atoms with van der Waals surface area (Å²) >= 11 is 0. The van der Waals surface area contributed by atoms with Crippen molar-refractivity contribution < 1.29 is 9.47 Å². The first-order chi connectivity index (χ1) is 23.6. The maximum atomic E-state index is 5.32. The quantitative estimate of drug-likeness (QED) is 0.160. The summed E-state index contributed by atoms with van der Waals surface area (Å²) in [7, 11) is 3.35. The molecule has 5 heteroatoms. The molecule has 0 saturated heterocycles. The van der Waals surface area contributed by atoms with Crippen LogP contribution in [-0.2, 0) is 0 Å². The smallest absolute Gasteiger partial charge is 0.164 e. The molecule has 0 radical (unpaired) electrons. The van der Waals surface area contributed by atoms with Crippen LogP contribution < -0.4 is 9.47 Å². The summed E-state index contributed by atoms with van der Waals surface area (Å²) in [6.45, 7) is 3.86. The van der Waals surface area contributed by atoms with Gasteiger partial charge in [-0.2, -0.15) is 0 Å². The van der Waals surface area contributed by atoms with E-state index in [0.29, 0.717) is 17.5 Å². The number of ether oxygens (including phenoxy) is 2. The van der Waals surface area contributed by atoms with Crippen molar-refractivity contribution in [2.45, 2.75) is 0 Å². The topological polar surface area (TPSA) is 57.1 Å². The van der Waals surface area contributed by atoms with E-state index in [4.69, 9.17) is 24.4 Å². The molecule has 0 aliphatic carbocycles. The summed E-state index contributed by atoms with van der Waals surface area (Å²) in [5.74, 6) is 3.49. The average Bonchev–Trinajstić information content (AvgIpc) is 3.18. The Morgan fingerprint density at radius 3 is 0.833 bits per heavy atom. The number of hydrogen-bond acceptors (Lipinski definition) is 5. The number of hydrogen-bond donors (Lipinski definition) is 0. The third-order valence-corrected chi connectivity index (χ3v) is 8.39. The molecule has 0 amide bonds. The van der Waals surface area contributed by atoms with Crippen molar-refractivity contribution in [3.8, 4) is 79.0 Å². The van der Waals surface area contributed by atoms with Crippen molar-refractivity contribution in [3.63, 3.8) is 0 Å². The fourth-order valence-electron chi connectivity index (χ4n) is 5.58. The van der Waals surface area contributed by atoms with Crippen molar-refractivity contribution in [2.24, 2.45) is 0 Å². The Kier molecular flexibility index (Phi) is 8.58. The number of benzene rings is 6. The maximum Gasteiger partial charge on any atom is 0.164 e. The Hall–Kier alpha value is -6.33. The van der Waals surface area contributed by atoms with Gasteiger partial charge in [0.1, 0.15) is 11.5 Å². The molecule has 0 aliphatic rings. The molecular formula is C43H33N3O2. The molecule has 48 heavy (non-hydrogen) atoms. The molecule has 1 heterocycles. The van der Waals surface area contributed by atoms with Gasteiger partial charge in [-0.15, -0.1) is 0 Å². The fraction of sp³-hybridized carbons (Fsp3) is 0.0465. The summed E-state index contributed by atoms with van der Waals surface area (Å²) in [6.07, 6.45) is 1.85. The Bertz CT molecular complexity index is 2050. The zero-order chi connectivity index (χ0) is 32.9. The summed E-state index contributed by atoms with van der Waals surface area (Å²) < 4.78 is 10.6. The molecule has 7 aromatic rings. The average molecular weight is 624 g/mol. The van der Waals surface area contributed by atoms with Crippen LogP contribution in [0.2, 0.25) is 0 Å². The molecule has 6 aromatic carbocycles. The van der Waals surface area contributed by atoms with Gasteiger partial charge in [0.2, 0.25) is 0 Å². The normalized spacial score (nSPS) is 10.8. The number of rotatable bonds is 9. The van der Waals surface area contributed by atoms with Crippen LogP contribution in [0.15, 0.2) is 152 Å². The second kappa shape index (κ2) is 13.6. The molecule has 1 aromatic heterocycles. The van der Waals surface area contributed by atoms with E-state index in [1.807, 2.05) is 30.3 Å². The van der Waals surface area contributed by atoms with Gasteiger partial charge in [-0.05, 0) is 63.2 Å². The lowest BCUT2D eigenvalue weighted by atomic mass is 10.0. The van der Waals surface area contributed by atoms with E-state index in [-0.39, 0.29) is 0 Å². The molecule has 0 unspecified atom stereocenters. The van der Waals surface area contributed by atoms with Gasteiger partial charge in [0.05, 0.1) is 14.2 Å². The minimum Gasteiger partial charge on any atom is -0.497 e. The first-order valence-electron chi connectivity index (χ1n) is 15.7. The van der Waals surface area contributed by atoms with Crippen molar-refractivity contribution in [2.75, 3.05) is 14.2 Å². The van der Waals surface area contributed by atoms with Gasteiger partial charge >= 0.3 is 0 Å².